The number of aryl methyl sites for hydroxylation is 2. The number of imidazole rings is 1. The van der Waals surface area contributed by atoms with Crippen LogP contribution in [0, 0.1) is 13.8 Å². The van der Waals surface area contributed by atoms with Gasteiger partial charge < -0.3 is 9.80 Å². The largest absolute Gasteiger partial charge is 0.336 e. The van der Waals surface area contributed by atoms with Gasteiger partial charge in [0.05, 0.1) is 17.1 Å². The van der Waals surface area contributed by atoms with Crippen molar-refractivity contribution in [2.24, 2.45) is 0 Å². The lowest BCUT2D eigenvalue weighted by molar-refractivity contribution is 0.0643. The van der Waals surface area contributed by atoms with E-state index in [4.69, 9.17) is 9.97 Å². The number of hydrogen-bond donors (Lipinski definition) is 0. The molecule has 0 aliphatic carbocycles. The lowest BCUT2D eigenvalue weighted by Gasteiger charge is -2.34. The van der Waals surface area contributed by atoms with E-state index in [1.54, 1.807) is 0 Å². The van der Waals surface area contributed by atoms with Gasteiger partial charge in [0.1, 0.15) is 11.3 Å². The highest BCUT2D eigenvalue weighted by molar-refractivity contribution is 5.95. The van der Waals surface area contributed by atoms with Crippen LogP contribution in [-0.2, 0) is 0 Å². The lowest BCUT2D eigenvalue weighted by Crippen LogP contribution is -2.48. The number of nitrogens with zero attached hydrogens (tertiary/aromatic N) is 6. The van der Waals surface area contributed by atoms with E-state index in [1.807, 2.05) is 78.8 Å². The van der Waals surface area contributed by atoms with E-state index in [0.717, 1.165) is 83.5 Å². The number of rotatable bonds is 5. The number of carbonyl (C=O) groups excluding carboxylic acids is 1. The van der Waals surface area contributed by atoms with Crippen LogP contribution in [0.2, 0.25) is 0 Å². The summed E-state index contributed by atoms with van der Waals surface area (Å²) in [5.74, 6) is 0.0930. The monoisotopic (exact) mass is 516 g/mol. The van der Waals surface area contributed by atoms with Crippen LogP contribution in [0.15, 0.2) is 79.1 Å². The summed E-state index contributed by atoms with van der Waals surface area (Å²) in [4.78, 5) is 31.9. The second-order valence-electron chi connectivity index (χ2n) is 10.1. The zero-order valence-electron chi connectivity index (χ0n) is 22.6. The molecule has 0 radical (unpaired) electrons. The van der Waals surface area contributed by atoms with Crippen LogP contribution in [0.5, 0.6) is 0 Å². The molecule has 0 spiro atoms. The summed E-state index contributed by atoms with van der Waals surface area (Å²) in [6, 6.07) is 22.0. The summed E-state index contributed by atoms with van der Waals surface area (Å²) in [5, 5.41) is 0. The Bertz CT molecular complexity index is 1650. The second kappa shape index (κ2) is 10.4. The smallest absolute Gasteiger partial charge is 0.253 e. The van der Waals surface area contributed by atoms with Crippen LogP contribution in [0.1, 0.15) is 28.5 Å². The Morgan fingerprint density at radius 1 is 0.846 bits per heavy atom. The first-order valence-corrected chi connectivity index (χ1v) is 13.5. The predicted molar refractivity (Wildman–Crippen MR) is 155 cm³/mol. The molecule has 1 aliphatic rings. The van der Waals surface area contributed by atoms with Gasteiger partial charge in [0.15, 0.2) is 0 Å². The van der Waals surface area contributed by atoms with E-state index in [9.17, 15) is 4.79 Å². The summed E-state index contributed by atoms with van der Waals surface area (Å²) in [5.41, 5.74) is 9.14. The molecule has 5 heterocycles. The van der Waals surface area contributed by atoms with Gasteiger partial charge in [-0.25, -0.2) is 4.98 Å². The number of likely N-dealkylation sites (N-methyl/N-ethyl adjacent to an activating group) is 1. The number of pyridine rings is 3. The van der Waals surface area contributed by atoms with Gasteiger partial charge >= 0.3 is 0 Å². The highest BCUT2D eigenvalue weighted by atomic mass is 16.2. The van der Waals surface area contributed by atoms with Gasteiger partial charge in [-0.3, -0.25) is 19.2 Å². The lowest BCUT2D eigenvalue weighted by atomic mass is 10.0. The number of benzene rings is 1. The van der Waals surface area contributed by atoms with Crippen LogP contribution >= 0.6 is 0 Å². The maximum Gasteiger partial charge on any atom is 0.253 e. The van der Waals surface area contributed by atoms with Gasteiger partial charge in [0.25, 0.3) is 5.91 Å². The minimum Gasteiger partial charge on any atom is -0.336 e. The molecule has 4 aromatic heterocycles. The molecule has 1 aliphatic heterocycles. The molecule has 7 heteroatoms. The quantitative estimate of drug-likeness (QED) is 0.308. The molecule has 1 amide bonds. The summed E-state index contributed by atoms with van der Waals surface area (Å²) in [7, 11) is 0. The van der Waals surface area contributed by atoms with Gasteiger partial charge in [0, 0.05) is 61.0 Å². The number of hydrogen-bond acceptors (Lipinski definition) is 5. The van der Waals surface area contributed by atoms with Gasteiger partial charge in [-0.1, -0.05) is 31.2 Å². The second-order valence-corrected chi connectivity index (χ2v) is 10.1. The third-order valence-corrected chi connectivity index (χ3v) is 7.54. The van der Waals surface area contributed by atoms with Crippen molar-refractivity contribution in [1.29, 1.82) is 0 Å². The molecule has 0 unspecified atom stereocenters. The molecule has 7 nitrogen and oxygen atoms in total. The normalized spacial score (nSPS) is 14.2. The van der Waals surface area contributed by atoms with Crippen LogP contribution in [0.25, 0.3) is 39.5 Å². The van der Waals surface area contributed by atoms with Crippen molar-refractivity contribution in [1.82, 2.24) is 29.2 Å². The van der Waals surface area contributed by atoms with E-state index < -0.39 is 0 Å². The van der Waals surface area contributed by atoms with Crippen molar-refractivity contribution in [3.8, 4) is 33.9 Å². The SMILES string of the molecule is CCN1CCN(C(=O)c2ccc(-c3cc(-c4c(-c5cccc(C)n5)nc5c(C)cccn45)ccn3)cc2)CC1. The maximum atomic E-state index is 13.1. The van der Waals surface area contributed by atoms with Crippen molar-refractivity contribution in [2.45, 2.75) is 20.8 Å². The van der Waals surface area contributed by atoms with Crippen molar-refractivity contribution in [3.63, 3.8) is 0 Å². The van der Waals surface area contributed by atoms with Crippen molar-refractivity contribution >= 4 is 11.6 Å². The molecule has 196 valence electrons. The molecule has 0 saturated carbocycles. The average Bonchev–Trinajstić information content (AvgIpc) is 3.38. The number of aromatic nitrogens is 4. The number of piperazine rings is 1. The average molecular weight is 517 g/mol. The Hall–Kier alpha value is -4.36. The van der Waals surface area contributed by atoms with E-state index in [1.165, 1.54) is 0 Å². The van der Waals surface area contributed by atoms with E-state index >= 15 is 0 Å². The Morgan fingerprint density at radius 2 is 1.64 bits per heavy atom. The van der Waals surface area contributed by atoms with Crippen molar-refractivity contribution in [2.75, 3.05) is 32.7 Å². The molecule has 1 saturated heterocycles. The van der Waals surface area contributed by atoms with Gasteiger partial charge in [0.2, 0.25) is 0 Å². The molecule has 5 aromatic rings. The number of fused-ring (bicyclic) bond motifs is 1. The molecule has 6 rings (SSSR count). The highest BCUT2D eigenvalue weighted by Gasteiger charge is 2.22. The minimum absolute atomic E-state index is 0.0930. The standard InChI is InChI=1S/C32H32N6O/c1-4-36-17-19-37(20-18-36)32(39)25-12-10-24(11-13-25)28-21-26(14-15-33-28)30-29(27-9-5-8-23(3)34-27)35-31-22(2)7-6-16-38(30)31/h5-16,21H,4,17-20H2,1-3H3. The number of carbonyl (C=O) groups is 1. The molecule has 0 N–H and O–H groups in total. The first-order chi connectivity index (χ1) is 19.0. The zero-order chi connectivity index (χ0) is 26.9. The Morgan fingerprint density at radius 3 is 2.38 bits per heavy atom. The van der Waals surface area contributed by atoms with Crippen LogP contribution in [0.3, 0.4) is 0 Å². The predicted octanol–water partition coefficient (Wildman–Crippen LogP) is 5.52. The fourth-order valence-corrected chi connectivity index (χ4v) is 5.30. The Labute approximate surface area is 228 Å². The summed E-state index contributed by atoms with van der Waals surface area (Å²) < 4.78 is 2.13. The Balaban J connectivity index is 1.35. The molecule has 0 bridgehead atoms. The van der Waals surface area contributed by atoms with Gasteiger partial charge in [-0.15, -0.1) is 0 Å². The van der Waals surface area contributed by atoms with E-state index in [0.29, 0.717) is 5.56 Å². The summed E-state index contributed by atoms with van der Waals surface area (Å²) in [6.07, 6.45) is 3.88. The topological polar surface area (TPSA) is 66.6 Å². The molecule has 0 atom stereocenters. The molecule has 1 aromatic carbocycles. The first kappa shape index (κ1) is 24.9. The zero-order valence-corrected chi connectivity index (χ0v) is 22.6. The minimum atomic E-state index is 0.0930. The first-order valence-electron chi connectivity index (χ1n) is 13.5. The fourth-order valence-electron chi connectivity index (χ4n) is 5.30. The van der Waals surface area contributed by atoms with Gasteiger partial charge in [-0.2, -0.15) is 0 Å². The summed E-state index contributed by atoms with van der Waals surface area (Å²) in [6.45, 7) is 10.7. The number of amides is 1. The van der Waals surface area contributed by atoms with Crippen LogP contribution in [-0.4, -0.2) is 67.8 Å². The van der Waals surface area contributed by atoms with E-state index in [2.05, 4.69) is 40.3 Å². The van der Waals surface area contributed by atoms with E-state index in [-0.39, 0.29) is 5.91 Å². The fraction of sp³-hybridized carbons (Fsp3) is 0.250. The van der Waals surface area contributed by atoms with Crippen LogP contribution < -0.4 is 0 Å². The summed E-state index contributed by atoms with van der Waals surface area (Å²) >= 11 is 0. The van der Waals surface area contributed by atoms with Crippen LogP contribution in [0.4, 0.5) is 0 Å². The van der Waals surface area contributed by atoms with Gasteiger partial charge in [-0.05, 0) is 68.4 Å². The van der Waals surface area contributed by atoms with Crippen molar-refractivity contribution in [3.05, 3.63) is 95.9 Å². The molecule has 1 fully saturated rings. The third-order valence-electron chi connectivity index (χ3n) is 7.54. The Kier molecular flexibility index (Phi) is 6.67. The molecular weight excluding hydrogens is 484 g/mol. The third kappa shape index (κ3) is 4.81. The molecular formula is C32H32N6O. The molecule has 39 heavy (non-hydrogen) atoms. The highest BCUT2D eigenvalue weighted by Crippen LogP contribution is 2.34. The van der Waals surface area contributed by atoms with Crippen molar-refractivity contribution < 1.29 is 4.79 Å². The maximum absolute atomic E-state index is 13.1.